The normalized spacial score (nSPS) is 11.3. The van der Waals surface area contributed by atoms with Gasteiger partial charge in [0.2, 0.25) is 15.9 Å². The van der Waals surface area contributed by atoms with Crippen molar-refractivity contribution in [2.75, 3.05) is 18.4 Å². The molecule has 106 valence electrons. The van der Waals surface area contributed by atoms with Crippen LogP contribution >= 0.6 is 0 Å². The van der Waals surface area contributed by atoms with Gasteiger partial charge in [0.05, 0.1) is 0 Å². The van der Waals surface area contributed by atoms with E-state index >= 15 is 0 Å². The third-order valence-corrected chi connectivity index (χ3v) is 3.71. The SMILES string of the molecule is CC(=O)Nc1ccc(S(=O)(=O)NCCCN)c(F)c1. The van der Waals surface area contributed by atoms with Crippen LogP contribution in [0.1, 0.15) is 13.3 Å². The molecule has 0 fully saturated rings. The molecule has 0 aromatic heterocycles. The molecule has 0 aliphatic rings. The Morgan fingerprint density at radius 3 is 2.63 bits per heavy atom. The Hall–Kier alpha value is -1.51. The van der Waals surface area contributed by atoms with E-state index in [9.17, 15) is 17.6 Å². The third kappa shape index (κ3) is 4.58. The molecule has 1 aromatic carbocycles. The Labute approximate surface area is 111 Å². The summed E-state index contributed by atoms with van der Waals surface area (Å²) in [4.78, 5) is 10.3. The average molecular weight is 289 g/mol. The summed E-state index contributed by atoms with van der Waals surface area (Å²) in [6.45, 7) is 1.76. The zero-order chi connectivity index (χ0) is 14.5. The summed E-state index contributed by atoms with van der Waals surface area (Å²) in [6, 6.07) is 3.38. The van der Waals surface area contributed by atoms with Gasteiger partial charge in [0, 0.05) is 19.2 Å². The second-order valence-electron chi connectivity index (χ2n) is 3.87. The first-order chi connectivity index (χ1) is 8.86. The molecule has 0 heterocycles. The van der Waals surface area contributed by atoms with Crippen LogP contribution in [0, 0.1) is 5.82 Å². The van der Waals surface area contributed by atoms with Gasteiger partial charge < -0.3 is 11.1 Å². The van der Waals surface area contributed by atoms with Crippen molar-refractivity contribution in [1.82, 2.24) is 4.72 Å². The van der Waals surface area contributed by atoms with Crippen LogP contribution in [0.4, 0.5) is 10.1 Å². The van der Waals surface area contributed by atoms with Crippen LogP contribution in [0.15, 0.2) is 23.1 Å². The minimum absolute atomic E-state index is 0.145. The fraction of sp³-hybridized carbons (Fsp3) is 0.364. The minimum atomic E-state index is -3.90. The van der Waals surface area contributed by atoms with E-state index < -0.39 is 20.7 Å². The van der Waals surface area contributed by atoms with Crippen molar-refractivity contribution in [1.29, 1.82) is 0 Å². The van der Waals surface area contributed by atoms with Gasteiger partial charge in [0.1, 0.15) is 10.7 Å². The van der Waals surface area contributed by atoms with Crippen LogP contribution < -0.4 is 15.8 Å². The van der Waals surface area contributed by atoms with E-state index in [4.69, 9.17) is 5.73 Å². The molecule has 0 aliphatic heterocycles. The Balaban J connectivity index is 2.92. The number of nitrogens with two attached hydrogens (primary N) is 1. The molecule has 0 bridgehead atoms. The number of sulfonamides is 1. The van der Waals surface area contributed by atoms with E-state index in [1.807, 2.05) is 0 Å². The van der Waals surface area contributed by atoms with Gasteiger partial charge in [-0.3, -0.25) is 4.79 Å². The summed E-state index contributed by atoms with van der Waals surface area (Å²) in [6.07, 6.45) is 0.463. The molecule has 0 unspecified atom stereocenters. The molecule has 0 spiro atoms. The van der Waals surface area contributed by atoms with E-state index in [1.54, 1.807) is 0 Å². The maximum Gasteiger partial charge on any atom is 0.243 e. The molecule has 0 aliphatic carbocycles. The molecule has 19 heavy (non-hydrogen) atoms. The lowest BCUT2D eigenvalue weighted by atomic mass is 10.3. The number of rotatable bonds is 6. The second kappa shape index (κ2) is 6.60. The fourth-order valence-corrected chi connectivity index (χ4v) is 2.52. The van der Waals surface area contributed by atoms with Gasteiger partial charge in [0.15, 0.2) is 0 Å². The summed E-state index contributed by atoms with van der Waals surface area (Å²) in [5.41, 5.74) is 5.44. The van der Waals surface area contributed by atoms with Gasteiger partial charge >= 0.3 is 0 Å². The van der Waals surface area contributed by atoms with Crippen LogP contribution in [0.2, 0.25) is 0 Å². The lowest BCUT2D eigenvalue weighted by Gasteiger charge is -2.08. The average Bonchev–Trinajstić information content (AvgIpc) is 2.27. The Kier molecular flexibility index (Phi) is 5.40. The van der Waals surface area contributed by atoms with Gasteiger partial charge in [0.25, 0.3) is 0 Å². The molecular weight excluding hydrogens is 273 g/mol. The quantitative estimate of drug-likeness (QED) is 0.660. The van der Waals surface area contributed by atoms with Crippen molar-refractivity contribution in [3.63, 3.8) is 0 Å². The number of anilines is 1. The number of carbonyl (C=O) groups is 1. The highest BCUT2D eigenvalue weighted by molar-refractivity contribution is 7.89. The van der Waals surface area contributed by atoms with Crippen molar-refractivity contribution in [2.45, 2.75) is 18.2 Å². The van der Waals surface area contributed by atoms with Crippen LogP contribution in [0.3, 0.4) is 0 Å². The van der Waals surface area contributed by atoms with Crippen LogP contribution in [0.5, 0.6) is 0 Å². The van der Waals surface area contributed by atoms with E-state index in [0.29, 0.717) is 13.0 Å². The van der Waals surface area contributed by atoms with Crippen molar-refractivity contribution >= 4 is 21.6 Å². The highest BCUT2D eigenvalue weighted by Crippen LogP contribution is 2.18. The number of nitrogens with one attached hydrogen (secondary N) is 2. The third-order valence-electron chi connectivity index (χ3n) is 2.21. The van der Waals surface area contributed by atoms with E-state index in [0.717, 1.165) is 12.1 Å². The first kappa shape index (κ1) is 15.5. The lowest BCUT2D eigenvalue weighted by Crippen LogP contribution is -2.27. The highest BCUT2D eigenvalue weighted by Gasteiger charge is 2.18. The van der Waals surface area contributed by atoms with Gasteiger partial charge in [-0.15, -0.1) is 0 Å². The first-order valence-electron chi connectivity index (χ1n) is 5.63. The van der Waals surface area contributed by atoms with Gasteiger partial charge in [-0.25, -0.2) is 17.5 Å². The Bertz CT molecular complexity index is 560. The predicted molar refractivity (Wildman–Crippen MR) is 69.6 cm³/mol. The Morgan fingerprint density at radius 1 is 1.42 bits per heavy atom. The topological polar surface area (TPSA) is 101 Å². The summed E-state index contributed by atoms with van der Waals surface area (Å²) in [7, 11) is -3.90. The zero-order valence-corrected chi connectivity index (χ0v) is 11.3. The van der Waals surface area contributed by atoms with Crippen LogP contribution in [-0.2, 0) is 14.8 Å². The molecule has 8 heteroatoms. The molecule has 4 N–H and O–H groups in total. The molecule has 1 aromatic rings. The van der Waals surface area contributed by atoms with Gasteiger partial charge in [-0.05, 0) is 31.2 Å². The molecule has 0 radical (unpaired) electrons. The summed E-state index contributed by atoms with van der Waals surface area (Å²) in [5.74, 6) is -1.29. The molecule has 6 nitrogen and oxygen atoms in total. The van der Waals surface area contributed by atoms with E-state index in [2.05, 4.69) is 10.0 Å². The highest BCUT2D eigenvalue weighted by atomic mass is 32.2. The minimum Gasteiger partial charge on any atom is -0.330 e. The Morgan fingerprint density at radius 2 is 2.11 bits per heavy atom. The number of hydrogen-bond donors (Lipinski definition) is 3. The van der Waals surface area contributed by atoms with Crippen LogP contribution in [-0.4, -0.2) is 27.4 Å². The molecular formula is C11H16FN3O3S. The number of amides is 1. The standard InChI is InChI=1S/C11H16FN3O3S/c1-8(16)15-9-3-4-11(10(12)7-9)19(17,18)14-6-2-5-13/h3-4,7,14H,2,5-6,13H2,1H3,(H,15,16). The molecule has 1 amide bonds. The van der Waals surface area contributed by atoms with Gasteiger partial charge in [-0.1, -0.05) is 0 Å². The fourth-order valence-electron chi connectivity index (χ4n) is 1.39. The summed E-state index contributed by atoms with van der Waals surface area (Å²) >= 11 is 0. The predicted octanol–water partition coefficient (Wildman–Crippen LogP) is 0.411. The monoisotopic (exact) mass is 289 g/mol. The summed E-state index contributed by atoms with van der Waals surface area (Å²) < 4.78 is 39.5. The lowest BCUT2D eigenvalue weighted by molar-refractivity contribution is -0.114. The maximum atomic E-state index is 13.7. The van der Waals surface area contributed by atoms with Crippen molar-refractivity contribution < 1.29 is 17.6 Å². The molecule has 0 saturated heterocycles. The largest absolute Gasteiger partial charge is 0.330 e. The first-order valence-corrected chi connectivity index (χ1v) is 7.12. The molecule has 0 saturated carbocycles. The van der Waals surface area contributed by atoms with Crippen molar-refractivity contribution in [3.8, 4) is 0 Å². The number of hydrogen-bond acceptors (Lipinski definition) is 4. The number of halogens is 1. The molecule has 0 atom stereocenters. The van der Waals surface area contributed by atoms with Crippen LogP contribution in [0.25, 0.3) is 0 Å². The van der Waals surface area contributed by atoms with Gasteiger partial charge in [-0.2, -0.15) is 0 Å². The summed E-state index contributed by atoms with van der Waals surface area (Å²) in [5, 5.41) is 2.37. The zero-order valence-electron chi connectivity index (χ0n) is 10.4. The van der Waals surface area contributed by atoms with Crippen molar-refractivity contribution in [2.24, 2.45) is 5.73 Å². The maximum absolute atomic E-state index is 13.7. The van der Waals surface area contributed by atoms with E-state index in [-0.39, 0.29) is 18.1 Å². The van der Waals surface area contributed by atoms with E-state index in [1.165, 1.54) is 13.0 Å². The molecule has 1 rings (SSSR count). The number of benzene rings is 1. The second-order valence-corrected chi connectivity index (χ2v) is 5.60. The van der Waals surface area contributed by atoms with Crippen molar-refractivity contribution in [3.05, 3.63) is 24.0 Å². The number of carbonyl (C=O) groups excluding carboxylic acids is 1. The smallest absolute Gasteiger partial charge is 0.243 e.